The number of carbonyl (C=O) groups is 1. The van der Waals surface area contributed by atoms with E-state index in [0.29, 0.717) is 42.7 Å². The van der Waals surface area contributed by atoms with Gasteiger partial charge in [-0.05, 0) is 55.0 Å². The maximum atomic E-state index is 12.6. The van der Waals surface area contributed by atoms with Gasteiger partial charge in [-0.1, -0.05) is 70.8 Å². The molecule has 1 aliphatic heterocycles. The molecule has 1 aliphatic rings. The van der Waals surface area contributed by atoms with Crippen molar-refractivity contribution < 1.29 is 24.1 Å². The van der Waals surface area contributed by atoms with Crippen LogP contribution < -0.4 is 9.47 Å². The molecule has 0 radical (unpaired) electrons. The van der Waals surface area contributed by atoms with Crippen molar-refractivity contribution in [1.82, 2.24) is 0 Å². The highest BCUT2D eigenvalue weighted by molar-refractivity contribution is 8.18. The van der Waals surface area contributed by atoms with Crippen LogP contribution in [-0.2, 0) is 16.1 Å². The number of nitrogens with zero attached hydrogens (tertiary/aromatic N) is 1. The van der Waals surface area contributed by atoms with E-state index in [-0.39, 0.29) is 29.6 Å². The number of rotatable bonds is 8. The Hall–Kier alpha value is -3.10. The zero-order chi connectivity index (χ0) is 27.2. The second kappa shape index (κ2) is 12.6. The standard InChI is InChI=1S/C28H22Cl3NO5S/c1-3-36-28(34)24-25(33)23(38-27(24)32-19-7-5-4-6-8-19)13-16-11-21(31)26(22(12-16)35-2)37-15-17-9-10-18(29)14-20(17)30/h4-14,33H,3,15H2,1-2H3/b23-13-,32-27?. The van der Waals surface area contributed by atoms with Crippen LogP contribution in [0.3, 0.4) is 0 Å². The molecule has 6 nitrogen and oxygen atoms in total. The summed E-state index contributed by atoms with van der Waals surface area (Å²) in [6.45, 7) is 2.00. The molecule has 0 spiro atoms. The molecule has 196 valence electrons. The first kappa shape index (κ1) is 27.9. The molecule has 0 saturated heterocycles. The molecule has 0 atom stereocenters. The van der Waals surface area contributed by atoms with Crippen molar-refractivity contribution >= 4 is 69.3 Å². The number of esters is 1. The van der Waals surface area contributed by atoms with Crippen molar-refractivity contribution in [3.8, 4) is 11.5 Å². The molecule has 0 amide bonds. The lowest BCUT2D eigenvalue weighted by atomic mass is 10.1. The van der Waals surface area contributed by atoms with Crippen molar-refractivity contribution in [3.63, 3.8) is 0 Å². The van der Waals surface area contributed by atoms with Crippen LogP contribution in [0.1, 0.15) is 18.1 Å². The Labute approximate surface area is 239 Å². The Morgan fingerprint density at radius 3 is 2.50 bits per heavy atom. The van der Waals surface area contributed by atoms with E-state index >= 15 is 0 Å². The number of thioether (sulfide) groups is 1. The number of aliphatic imine (C=N–C) groups is 1. The average Bonchev–Trinajstić information content (AvgIpc) is 3.18. The van der Waals surface area contributed by atoms with Crippen LogP contribution >= 0.6 is 46.6 Å². The van der Waals surface area contributed by atoms with Gasteiger partial charge < -0.3 is 19.3 Å². The number of para-hydroxylation sites is 1. The zero-order valence-corrected chi connectivity index (χ0v) is 23.4. The lowest BCUT2D eigenvalue weighted by molar-refractivity contribution is -0.138. The number of ether oxygens (including phenoxy) is 3. The van der Waals surface area contributed by atoms with Crippen molar-refractivity contribution in [2.75, 3.05) is 13.7 Å². The average molecular weight is 591 g/mol. The highest BCUT2D eigenvalue weighted by atomic mass is 35.5. The van der Waals surface area contributed by atoms with E-state index in [1.165, 1.54) is 7.11 Å². The maximum absolute atomic E-state index is 12.6. The van der Waals surface area contributed by atoms with Crippen LogP contribution in [0, 0.1) is 0 Å². The maximum Gasteiger partial charge on any atom is 0.344 e. The number of methoxy groups -OCH3 is 1. The van der Waals surface area contributed by atoms with Gasteiger partial charge in [-0.25, -0.2) is 9.79 Å². The van der Waals surface area contributed by atoms with Crippen LogP contribution in [0.2, 0.25) is 15.1 Å². The number of halogens is 3. The van der Waals surface area contributed by atoms with Crippen LogP contribution in [0.15, 0.2) is 81.9 Å². The third kappa shape index (κ3) is 6.48. The first-order chi connectivity index (χ1) is 18.3. The molecule has 0 bridgehead atoms. The Kier molecular flexibility index (Phi) is 9.28. The Bertz CT molecular complexity index is 1450. The van der Waals surface area contributed by atoms with Gasteiger partial charge in [0.2, 0.25) is 0 Å². The fraction of sp³-hybridized carbons (Fsp3) is 0.143. The molecule has 4 rings (SSSR count). The molecule has 38 heavy (non-hydrogen) atoms. The summed E-state index contributed by atoms with van der Waals surface area (Å²) >= 11 is 19.9. The first-order valence-corrected chi connectivity index (χ1v) is 13.3. The summed E-state index contributed by atoms with van der Waals surface area (Å²) in [6.07, 6.45) is 1.68. The minimum atomic E-state index is -0.657. The summed E-state index contributed by atoms with van der Waals surface area (Å²) in [7, 11) is 1.50. The number of hydrogen-bond acceptors (Lipinski definition) is 7. The Morgan fingerprint density at radius 2 is 1.82 bits per heavy atom. The normalized spacial score (nSPS) is 15.3. The zero-order valence-electron chi connectivity index (χ0n) is 20.3. The fourth-order valence-corrected chi connectivity index (χ4v) is 5.29. The van der Waals surface area contributed by atoms with Crippen LogP contribution in [-0.4, -0.2) is 29.8 Å². The fourth-order valence-electron chi connectivity index (χ4n) is 3.51. The molecule has 1 N–H and O–H groups in total. The molecule has 10 heteroatoms. The molecule has 0 fully saturated rings. The summed E-state index contributed by atoms with van der Waals surface area (Å²) in [6, 6.07) is 17.6. The van der Waals surface area contributed by atoms with E-state index < -0.39 is 5.97 Å². The monoisotopic (exact) mass is 589 g/mol. The van der Waals surface area contributed by atoms with Crippen LogP contribution in [0.4, 0.5) is 5.69 Å². The number of hydrogen-bond donors (Lipinski definition) is 1. The van der Waals surface area contributed by atoms with E-state index in [1.54, 1.807) is 55.5 Å². The predicted molar refractivity (Wildman–Crippen MR) is 154 cm³/mol. The first-order valence-electron chi connectivity index (χ1n) is 11.4. The summed E-state index contributed by atoms with van der Waals surface area (Å²) < 4.78 is 16.6. The summed E-state index contributed by atoms with van der Waals surface area (Å²) in [4.78, 5) is 17.6. The molecular weight excluding hydrogens is 569 g/mol. The SMILES string of the molecule is CCOC(=O)C1=C(O)/C(=C/c2cc(Cl)c(OCc3ccc(Cl)cc3Cl)c(OC)c2)SC1=Nc1ccccc1. The Morgan fingerprint density at radius 1 is 1.05 bits per heavy atom. The lowest BCUT2D eigenvalue weighted by Gasteiger charge is -2.14. The topological polar surface area (TPSA) is 77.4 Å². The number of carbonyl (C=O) groups excluding carboxylic acids is 1. The van der Waals surface area contributed by atoms with Gasteiger partial charge >= 0.3 is 5.97 Å². The van der Waals surface area contributed by atoms with Gasteiger partial charge in [0.15, 0.2) is 11.5 Å². The van der Waals surface area contributed by atoms with E-state index in [2.05, 4.69) is 4.99 Å². The molecule has 0 aromatic heterocycles. The number of benzene rings is 3. The summed E-state index contributed by atoms with van der Waals surface area (Å²) in [5, 5.41) is 12.6. The van der Waals surface area contributed by atoms with E-state index in [9.17, 15) is 9.90 Å². The Balaban J connectivity index is 1.66. The number of aliphatic hydroxyl groups excluding tert-OH is 1. The highest BCUT2D eigenvalue weighted by Crippen LogP contribution is 2.42. The molecule has 0 unspecified atom stereocenters. The van der Waals surface area contributed by atoms with Crippen molar-refractivity contribution in [2.24, 2.45) is 4.99 Å². The van der Waals surface area contributed by atoms with Gasteiger partial charge in [-0.2, -0.15) is 0 Å². The van der Waals surface area contributed by atoms with Gasteiger partial charge in [0.05, 0.1) is 29.3 Å². The third-order valence-corrected chi connectivity index (χ3v) is 7.18. The van der Waals surface area contributed by atoms with Crippen LogP contribution in [0.25, 0.3) is 6.08 Å². The van der Waals surface area contributed by atoms with E-state index in [1.807, 2.05) is 18.2 Å². The van der Waals surface area contributed by atoms with Crippen LogP contribution in [0.5, 0.6) is 11.5 Å². The van der Waals surface area contributed by atoms with Gasteiger partial charge in [0.1, 0.15) is 23.0 Å². The molecule has 3 aromatic rings. The molecule has 1 heterocycles. The minimum Gasteiger partial charge on any atom is -0.506 e. The van der Waals surface area contributed by atoms with Gasteiger partial charge in [0.25, 0.3) is 0 Å². The second-order valence-corrected chi connectivity index (χ2v) is 10.1. The second-order valence-electron chi connectivity index (χ2n) is 7.87. The molecule has 0 saturated carbocycles. The van der Waals surface area contributed by atoms with Gasteiger partial charge in [-0.15, -0.1) is 0 Å². The molecule has 0 aliphatic carbocycles. The number of aliphatic hydroxyl groups is 1. The van der Waals surface area contributed by atoms with E-state index in [4.69, 9.17) is 49.0 Å². The summed E-state index contributed by atoms with van der Waals surface area (Å²) in [5.41, 5.74) is 1.99. The van der Waals surface area contributed by atoms with Crippen molar-refractivity contribution in [1.29, 1.82) is 0 Å². The van der Waals surface area contributed by atoms with Crippen molar-refractivity contribution in [2.45, 2.75) is 13.5 Å². The predicted octanol–water partition coefficient (Wildman–Crippen LogP) is 8.43. The van der Waals surface area contributed by atoms with Gasteiger partial charge in [-0.3, -0.25) is 0 Å². The van der Waals surface area contributed by atoms with Gasteiger partial charge in [0, 0.05) is 15.6 Å². The smallest absolute Gasteiger partial charge is 0.344 e. The molecular formula is C28H22Cl3NO5S. The lowest BCUT2D eigenvalue weighted by Crippen LogP contribution is -2.12. The minimum absolute atomic E-state index is 0.00446. The summed E-state index contributed by atoms with van der Waals surface area (Å²) in [5.74, 6) is -0.170. The van der Waals surface area contributed by atoms with Crippen molar-refractivity contribution in [3.05, 3.63) is 103 Å². The largest absolute Gasteiger partial charge is 0.506 e. The highest BCUT2D eigenvalue weighted by Gasteiger charge is 2.33. The quantitative estimate of drug-likeness (QED) is 0.265. The molecule has 3 aromatic carbocycles. The van der Waals surface area contributed by atoms with E-state index in [0.717, 1.165) is 17.3 Å². The third-order valence-electron chi connectivity index (χ3n) is 5.29.